The van der Waals surface area contributed by atoms with E-state index in [1.807, 2.05) is 0 Å². The maximum absolute atomic E-state index is 12.1. The van der Waals surface area contributed by atoms with E-state index in [-0.39, 0.29) is 23.7 Å². The summed E-state index contributed by atoms with van der Waals surface area (Å²) in [5.41, 5.74) is 0. The van der Waals surface area contributed by atoms with E-state index in [1.165, 1.54) is 17.7 Å². The van der Waals surface area contributed by atoms with Crippen molar-refractivity contribution in [3.8, 4) is 0 Å². The number of nitrogens with one attached hydrogen (secondary N) is 1. The Kier molecular flexibility index (Phi) is 2.90. The fourth-order valence-electron chi connectivity index (χ4n) is 3.12. The first kappa shape index (κ1) is 11.2. The van der Waals surface area contributed by atoms with E-state index < -0.39 is 0 Å². The lowest BCUT2D eigenvalue weighted by molar-refractivity contribution is -0.139. The zero-order valence-electron chi connectivity index (χ0n) is 10.2. The Morgan fingerprint density at radius 2 is 1.59 bits per heavy atom. The average Bonchev–Trinajstić information content (AvgIpc) is 3.13. The molecule has 2 atom stereocenters. The zero-order chi connectivity index (χ0) is 11.8. The highest BCUT2D eigenvalue weighted by atomic mass is 16.2. The van der Waals surface area contributed by atoms with Gasteiger partial charge in [-0.1, -0.05) is 12.8 Å². The van der Waals surface area contributed by atoms with Crippen LogP contribution in [0.25, 0.3) is 0 Å². The number of hydrogen-bond acceptors (Lipinski definition) is 3. The van der Waals surface area contributed by atoms with Crippen molar-refractivity contribution in [3.63, 3.8) is 0 Å². The third-order valence-corrected chi connectivity index (χ3v) is 4.28. The Hall–Kier alpha value is -0.900. The van der Waals surface area contributed by atoms with Crippen LogP contribution >= 0.6 is 0 Å². The predicted molar refractivity (Wildman–Crippen MR) is 63.2 cm³/mol. The van der Waals surface area contributed by atoms with Gasteiger partial charge in [0.15, 0.2) is 0 Å². The molecule has 3 rings (SSSR count). The summed E-state index contributed by atoms with van der Waals surface area (Å²) in [6, 6.07) is 0.644. The van der Waals surface area contributed by atoms with E-state index >= 15 is 0 Å². The van der Waals surface area contributed by atoms with E-state index in [0.717, 1.165) is 32.2 Å². The van der Waals surface area contributed by atoms with Gasteiger partial charge in [0.25, 0.3) is 0 Å². The van der Waals surface area contributed by atoms with Gasteiger partial charge in [0.1, 0.15) is 0 Å². The van der Waals surface area contributed by atoms with Gasteiger partial charge in [-0.05, 0) is 25.7 Å². The number of carbonyl (C=O) groups excluding carboxylic acids is 2. The Labute approximate surface area is 102 Å². The second-order valence-corrected chi connectivity index (χ2v) is 5.55. The van der Waals surface area contributed by atoms with E-state index in [2.05, 4.69) is 5.32 Å². The van der Waals surface area contributed by atoms with Crippen LogP contribution in [0.15, 0.2) is 0 Å². The predicted octanol–water partition coefficient (Wildman–Crippen LogP) is 0.914. The van der Waals surface area contributed by atoms with Crippen LogP contribution in [0.5, 0.6) is 0 Å². The van der Waals surface area contributed by atoms with Crippen molar-refractivity contribution in [1.29, 1.82) is 0 Å². The molecule has 1 N–H and O–H groups in total. The molecule has 0 aromatic heterocycles. The number of likely N-dealkylation sites (tertiary alicyclic amines) is 1. The summed E-state index contributed by atoms with van der Waals surface area (Å²) in [4.78, 5) is 25.7. The summed E-state index contributed by atoms with van der Waals surface area (Å²) >= 11 is 0. The minimum Gasteiger partial charge on any atom is -0.312 e. The smallest absolute Gasteiger partial charge is 0.233 e. The number of rotatable bonds is 4. The second kappa shape index (κ2) is 4.41. The number of hydrogen-bond donors (Lipinski definition) is 1. The van der Waals surface area contributed by atoms with Crippen molar-refractivity contribution in [1.82, 2.24) is 10.2 Å². The summed E-state index contributed by atoms with van der Waals surface area (Å²) in [6.07, 6.45) is 6.53. The molecule has 1 aliphatic heterocycles. The minimum atomic E-state index is 0.0113. The molecule has 0 spiro atoms. The van der Waals surface area contributed by atoms with Gasteiger partial charge in [-0.15, -0.1) is 0 Å². The Bertz CT molecular complexity index is 314. The quantitative estimate of drug-likeness (QED) is 0.738. The summed E-state index contributed by atoms with van der Waals surface area (Å²) in [5, 5.41) is 3.36. The lowest BCUT2D eigenvalue weighted by Gasteiger charge is -2.19. The normalized spacial score (nSPS) is 33.1. The fraction of sp³-hybridized carbons (Fsp3) is 0.846. The maximum atomic E-state index is 12.1. The minimum absolute atomic E-state index is 0.0113. The first-order valence-corrected chi connectivity index (χ1v) is 6.86. The third-order valence-electron chi connectivity index (χ3n) is 4.28. The average molecular weight is 236 g/mol. The van der Waals surface area contributed by atoms with Crippen LogP contribution in [-0.2, 0) is 9.59 Å². The van der Waals surface area contributed by atoms with Gasteiger partial charge in [0.2, 0.25) is 11.8 Å². The first-order chi connectivity index (χ1) is 8.27. The highest BCUT2D eigenvalue weighted by Crippen LogP contribution is 2.37. The van der Waals surface area contributed by atoms with Crippen LogP contribution in [0.4, 0.5) is 0 Å². The first-order valence-electron chi connectivity index (χ1n) is 6.86. The molecule has 0 radical (unpaired) electrons. The molecule has 0 aromatic carbocycles. The molecule has 2 unspecified atom stereocenters. The van der Waals surface area contributed by atoms with Crippen LogP contribution < -0.4 is 5.32 Å². The van der Waals surface area contributed by atoms with Gasteiger partial charge >= 0.3 is 0 Å². The van der Waals surface area contributed by atoms with E-state index in [4.69, 9.17) is 0 Å². The number of amides is 2. The molecule has 2 saturated carbocycles. The summed E-state index contributed by atoms with van der Waals surface area (Å²) < 4.78 is 0. The zero-order valence-corrected chi connectivity index (χ0v) is 10.2. The van der Waals surface area contributed by atoms with Crippen molar-refractivity contribution in [2.45, 2.75) is 44.6 Å². The number of fused-ring (bicyclic) bond motifs is 1. The van der Waals surface area contributed by atoms with Crippen molar-refractivity contribution >= 4 is 11.8 Å². The molecule has 94 valence electrons. The lowest BCUT2D eigenvalue weighted by Crippen LogP contribution is -2.37. The number of carbonyl (C=O) groups is 2. The maximum Gasteiger partial charge on any atom is 0.233 e. The van der Waals surface area contributed by atoms with Crippen LogP contribution in [0, 0.1) is 11.8 Å². The van der Waals surface area contributed by atoms with Crippen molar-refractivity contribution in [2.24, 2.45) is 11.8 Å². The molecule has 2 amide bonds. The lowest BCUT2D eigenvalue weighted by atomic mass is 9.81. The third kappa shape index (κ3) is 2.10. The van der Waals surface area contributed by atoms with Crippen LogP contribution in [-0.4, -0.2) is 35.8 Å². The summed E-state index contributed by atoms with van der Waals surface area (Å²) in [6.45, 7) is 1.34. The summed E-state index contributed by atoms with van der Waals surface area (Å²) in [7, 11) is 0. The Balaban J connectivity index is 1.59. The highest BCUT2D eigenvalue weighted by Gasteiger charge is 2.47. The molecule has 4 heteroatoms. The van der Waals surface area contributed by atoms with E-state index in [1.54, 1.807) is 0 Å². The molecule has 17 heavy (non-hydrogen) atoms. The standard InChI is InChI=1S/C13H20N2O2/c16-12-10-3-1-2-4-11(10)13(17)15(12)8-7-14-9-5-6-9/h9-11,14H,1-8H2. The topological polar surface area (TPSA) is 49.4 Å². The number of imide groups is 1. The molecule has 3 aliphatic rings. The van der Waals surface area contributed by atoms with Crippen LogP contribution in [0.1, 0.15) is 38.5 Å². The van der Waals surface area contributed by atoms with Crippen molar-refractivity contribution in [3.05, 3.63) is 0 Å². The molecule has 3 fully saturated rings. The van der Waals surface area contributed by atoms with Crippen LogP contribution in [0.2, 0.25) is 0 Å². The second-order valence-electron chi connectivity index (χ2n) is 5.55. The molecule has 1 heterocycles. The molecule has 0 bridgehead atoms. The molecule has 2 aliphatic carbocycles. The van der Waals surface area contributed by atoms with Gasteiger partial charge in [-0.25, -0.2) is 0 Å². The van der Waals surface area contributed by atoms with Crippen LogP contribution in [0.3, 0.4) is 0 Å². The molecular weight excluding hydrogens is 216 g/mol. The van der Waals surface area contributed by atoms with Gasteiger partial charge in [-0.3, -0.25) is 14.5 Å². The van der Waals surface area contributed by atoms with Crippen molar-refractivity contribution < 1.29 is 9.59 Å². The van der Waals surface area contributed by atoms with E-state index in [9.17, 15) is 9.59 Å². The molecule has 1 saturated heterocycles. The highest BCUT2D eigenvalue weighted by molar-refractivity contribution is 6.05. The van der Waals surface area contributed by atoms with Gasteiger partial charge in [0.05, 0.1) is 11.8 Å². The fourth-order valence-corrected chi connectivity index (χ4v) is 3.12. The van der Waals surface area contributed by atoms with E-state index in [0.29, 0.717) is 12.6 Å². The number of nitrogens with zero attached hydrogens (tertiary/aromatic N) is 1. The molecular formula is C13H20N2O2. The Morgan fingerprint density at radius 1 is 1.00 bits per heavy atom. The summed E-state index contributed by atoms with van der Waals surface area (Å²) in [5.74, 6) is 0.212. The Morgan fingerprint density at radius 3 is 2.12 bits per heavy atom. The molecule has 4 nitrogen and oxygen atoms in total. The molecule has 0 aromatic rings. The monoisotopic (exact) mass is 236 g/mol. The van der Waals surface area contributed by atoms with Gasteiger partial charge in [0, 0.05) is 19.1 Å². The van der Waals surface area contributed by atoms with Gasteiger partial charge < -0.3 is 5.32 Å². The largest absolute Gasteiger partial charge is 0.312 e. The van der Waals surface area contributed by atoms with Gasteiger partial charge in [-0.2, -0.15) is 0 Å². The van der Waals surface area contributed by atoms with Crippen molar-refractivity contribution in [2.75, 3.05) is 13.1 Å². The SMILES string of the molecule is O=C1C2CCCCC2C(=O)N1CCNC1CC1.